The first-order chi connectivity index (χ1) is 46.8. The first-order valence-corrected chi connectivity index (χ1v) is 32.7. The molecule has 14 aromatic carbocycles. The summed E-state index contributed by atoms with van der Waals surface area (Å²) in [5.41, 5.74) is 26.7. The molecule has 5 aromatic heterocycles. The SMILES string of the molecule is Cc1ccc2c(c1)c1cc(C)ccc1n2-c1c(-c2ccc(-n3c4ccccc4c4ccccc43)cc2)c(C#N)c(-c2ccc(-n3c4ccccc4c4ccccc43)cc2)c(-n2c3ccc(C)cc3c3cc(C)ccc32)c1-c1ccc(-n2c3ccccc3c3ccccc32)cc1. The summed E-state index contributed by atoms with van der Waals surface area (Å²) >= 11 is 0. The van der Waals surface area contributed by atoms with Gasteiger partial charge in [-0.2, -0.15) is 5.26 Å². The summed E-state index contributed by atoms with van der Waals surface area (Å²) in [5, 5.41) is 24.8. The number of aromatic nitrogens is 5. The van der Waals surface area contributed by atoms with Crippen LogP contribution in [0.2, 0.25) is 0 Å². The van der Waals surface area contributed by atoms with Gasteiger partial charge in [0.1, 0.15) is 6.07 Å². The van der Waals surface area contributed by atoms with Crippen molar-refractivity contribution in [3.8, 4) is 67.9 Å². The van der Waals surface area contributed by atoms with Gasteiger partial charge in [0.25, 0.3) is 0 Å². The summed E-state index contributed by atoms with van der Waals surface area (Å²) in [6.07, 6.45) is 0. The minimum atomic E-state index is 0.568. The highest BCUT2D eigenvalue weighted by Gasteiger charge is 2.33. The first-order valence-electron chi connectivity index (χ1n) is 32.7. The van der Waals surface area contributed by atoms with Gasteiger partial charge < -0.3 is 22.8 Å². The van der Waals surface area contributed by atoms with Crippen molar-refractivity contribution >= 4 is 109 Å². The summed E-state index contributed by atoms with van der Waals surface area (Å²) in [7, 11) is 0. The van der Waals surface area contributed by atoms with E-state index >= 15 is 0 Å². The Morgan fingerprint density at radius 2 is 0.442 bits per heavy atom. The van der Waals surface area contributed by atoms with Crippen LogP contribution in [0.1, 0.15) is 27.8 Å². The van der Waals surface area contributed by atoms with Crippen LogP contribution in [-0.2, 0) is 0 Å². The summed E-state index contributed by atoms with van der Waals surface area (Å²) < 4.78 is 12.1. The van der Waals surface area contributed by atoms with Gasteiger partial charge in [-0.05, 0) is 166 Å². The molecule has 0 aliphatic rings. The molecular formula is C89H60N6. The van der Waals surface area contributed by atoms with Crippen LogP contribution in [0.3, 0.4) is 0 Å². The number of nitrogens with zero attached hydrogens (tertiary/aromatic N) is 6. The van der Waals surface area contributed by atoms with E-state index in [0.29, 0.717) is 5.56 Å². The summed E-state index contributed by atoms with van der Waals surface area (Å²) in [5.74, 6) is 0. The number of benzene rings is 14. The van der Waals surface area contributed by atoms with E-state index in [-0.39, 0.29) is 0 Å². The quantitative estimate of drug-likeness (QED) is 0.150. The maximum atomic E-state index is 12.9. The van der Waals surface area contributed by atoms with E-state index in [2.05, 4.69) is 348 Å². The van der Waals surface area contributed by atoms with Crippen LogP contribution >= 0.6 is 0 Å². The van der Waals surface area contributed by atoms with Gasteiger partial charge in [0.2, 0.25) is 0 Å². The fraction of sp³-hybridized carbons (Fsp3) is 0.0449. The van der Waals surface area contributed by atoms with E-state index in [1.165, 1.54) is 54.6 Å². The minimum absolute atomic E-state index is 0.568. The average molecular weight is 1210 g/mol. The topological polar surface area (TPSA) is 48.4 Å². The van der Waals surface area contributed by atoms with E-state index < -0.39 is 0 Å². The molecule has 0 bridgehead atoms. The first kappa shape index (κ1) is 54.3. The van der Waals surface area contributed by atoms with Crippen molar-refractivity contribution in [2.75, 3.05) is 0 Å². The normalized spacial score (nSPS) is 12.0. The lowest BCUT2D eigenvalue weighted by molar-refractivity contribution is 1.13. The zero-order chi connectivity index (χ0) is 63.3. The molecule has 0 aliphatic carbocycles. The van der Waals surface area contributed by atoms with Gasteiger partial charge in [0.15, 0.2) is 0 Å². The molecule has 6 heteroatoms. The molecule has 0 saturated heterocycles. The molecule has 0 spiro atoms. The Bertz CT molecular complexity index is 5900. The van der Waals surface area contributed by atoms with Gasteiger partial charge in [-0.1, -0.05) is 192 Å². The molecule has 0 unspecified atom stereocenters. The second-order valence-electron chi connectivity index (χ2n) is 25.8. The standard InChI is InChI=1S/C89H60N6/c1-54-29-45-81-70(49-54)71-50-55(2)30-46-82(71)94(81)88-85(58-33-39-61(40-34-58)91-75-23-11-5-17-64(75)65-18-6-12-24-76(65)91)74(53-90)86(59-35-41-62(42-36-59)92-77-25-13-7-19-66(77)67-20-8-14-26-78(67)92)89(95-83-47-31-56(3)51-72(83)73-52-57(4)32-48-84(73)95)87(88)60-37-43-63(44-38-60)93-79-27-15-9-21-68(79)69-22-10-16-28-80(69)93/h5-52H,1-4H3. The van der Waals surface area contributed by atoms with Crippen LogP contribution in [0.5, 0.6) is 0 Å². The van der Waals surface area contributed by atoms with E-state index in [4.69, 9.17) is 0 Å². The number of fused-ring (bicyclic) bond motifs is 15. The van der Waals surface area contributed by atoms with Gasteiger partial charge in [0, 0.05) is 87.6 Å². The molecule has 446 valence electrons. The van der Waals surface area contributed by atoms with Crippen LogP contribution in [0.4, 0.5) is 0 Å². The lowest BCUT2D eigenvalue weighted by Crippen LogP contribution is -2.11. The largest absolute Gasteiger partial charge is 0.309 e. The molecule has 0 N–H and O–H groups in total. The van der Waals surface area contributed by atoms with Crippen LogP contribution in [0.25, 0.3) is 171 Å². The average Bonchev–Trinajstić information content (AvgIpc) is 1.66. The van der Waals surface area contributed by atoms with Crippen LogP contribution in [0, 0.1) is 39.0 Å². The number of para-hydroxylation sites is 6. The van der Waals surface area contributed by atoms with Gasteiger partial charge in [0.05, 0.1) is 72.1 Å². The van der Waals surface area contributed by atoms with Gasteiger partial charge in [-0.25, -0.2) is 0 Å². The Balaban J connectivity index is 0.999. The molecule has 0 atom stereocenters. The fourth-order valence-corrected chi connectivity index (χ4v) is 16.0. The molecule has 0 amide bonds. The minimum Gasteiger partial charge on any atom is -0.309 e. The van der Waals surface area contributed by atoms with Crippen molar-refractivity contribution in [1.29, 1.82) is 5.26 Å². The summed E-state index contributed by atoms with van der Waals surface area (Å²) in [6, 6.07) is 110. The van der Waals surface area contributed by atoms with Crippen molar-refractivity contribution in [3.63, 3.8) is 0 Å². The summed E-state index contributed by atoms with van der Waals surface area (Å²) in [4.78, 5) is 0. The van der Waals surface area contributed by atoms with Crippen molar-refractivity contribution in [3.05, 3.63) is 319 Å². The summed E-state index contributed by atoms with van der Waals surface area (Å²) in [6.45, 7) is 8.74. The molecule has 6 nitrogen and oxygen atoms in total. The molecule has 0 fully saturated rings. The highest BCUT2D eigenvalue weighted by atomic mass is 15.0. The van der Waals surface area contributed by atoms with Crippen LogP contribution in [-0.4, -0.2) is 22.8 Å². The predicted molar refractivity (Wildman–Crippen MR) is 398 cm³/mol. The lowest BCUT2D eigenvalue weighted by atomic mass is 9.83. The fourth-order valence-electron chi connectivity index (χ4n) is 16.0. The lowest BCUT2D eigenvalue weighted by Gasteiger charge is -2.28. The number of aryl methyl sites for hydroxylation is 4. The molecule has 0 aliphatic heterocycles. The molecule has 0 radical (unpaired) electrons. The van der Waals surface area contributed by atoms with Crippen molar-refractivity contribution < 1.29 is 0 Å². The third kappa shape index (κ3) is 8.03. The zero-order valence-corrected chi connectivity index (χ0v) is 52.9. The van der Waals surface area contributed by atoms with Crippen molar-refractivity contribution in [2.24, 2.45) is 0 Å². The molecular weight excluding hydrogens is 1150 g/mol. The Morgan fingerprint density at radius 3 is 0.684 bits per heavy atom. The second-order valence-corrected chi connectivity index (χ2v) is 25.8. The number of rotatable bonds is 8. The maximum Gasteiger partial charge on any atom is 0.101 e. The highest BCUT2D eigenvalue weighted by Crippen LogP contribution is 2.53. The van der Waals surface area contributed by atoms with E-state index in [1.54, 1.807) is 0 Å². The Hall–Kier alpha value is -12.4. The monoisotopic (exact) mass is 1210 g/mol. The molecule has 19 rings (SSSR count). The van der Waals surface area contributed by atoms with Crippen LogP contribution in [0.15, 0.2) is 291 Å². The van der Waals surface area contributed by atoms with E-state index in [1.807, 2.05) is 0 Å². The highest BCUT2D eigenvalue weighted by molar-refractivity contribution is 6.17. The maximum absolute atomic E-state index is 12.9. The Kier molecular flexibility index (Phi) is 11.9. The Morgan fingerprint density at radius 1 is 0.221 bits per heavy atom. The van der Waals surface area contributed by atoms with E-state index in [9.17, 15) is 5.26 Å². The zero-order valence-electron chi connectivity index (χ0n) is 52.9. The molecule has 95 heavy (non-hydrogen) atoms. The number of hydrogen-bond donors (Lipinski definition) is 0. The second kappa shape index (κ2) is 20.8. The van der Waals surface area contributed by atoms with Gasteiger partial charge in [-0.3, -0.25) is 0 Å². The Labute approximate surface area is 548 Å². The van der Waals surface area contributed by atoms with Gasteiger partial charge >= 0.3 is 0 Å². The van der Waals surface area contributed by atoms with Gasteiger partial charge in [-0.15, -0.1) is 0 Å². The third-order valence-corrected chi connectivity index (χ3v) is 20.1. The number of hydrogen-bond acceptors (Lipinski definition) is 1. The third-order valence-electron chi connectivity index (χ3n) is 20.1. The van der Waals surface area contributed by atoms with Crippen LogP contribution < -0.4 is 0 Å². The molecule has 5 heterocycles. The van der Waals surface area contributed by atoms with Crippen molar-refractivity contribution in [2.45, 2.75) is 27.7 Å². The molecule has 0 saturated carbocycles. The predicted octanol–water partition coefficient (Wildman–Crippen LogP) is 23.3. The van der Waals surface area contributed by atoms with Crippen molar-refractivity contribution in [1.82, 2.24) is 22.8 Å². The number of nitriles is 1. The smallest absolute Gasteiger partial charge is 0.101 e. The van der Waals surface area contributed by atoms with E-state index in [0.717, 1.165) is 139 Å². The molecule has 19 aromatic rings.